The number of nitrogens with one attached hydrogen (secondary N) is 2. The molecule has 82 valence electrons. The van der Waals surface area contributed by atoms with E-state index in [2.05, 4.69) is 20.5 Å². The normalized spacial score (nSPS) is 10.1. The van der Waals surface area contributed by atoms with E-state index < -0.39 is 0 Å². The lowest BCUT2D eigenvalue weighted by molar-refractivity contribution is 0.102. The van der Waals surface area contributed by atoms with Crippen LogP contribution in [0.3, 0.4) is 0 Å². The van der Waals surface area contributed by atoms with Gasteiger partial charge >= 0.3 is 0 Å². The predicted molar refractivity (Wildman–Crippen MR) is 59.9 cm³/mol. The van der Waals surface area contributed by atoms with Crippen molar-refractivity contribution in [2.45, 2.75) is 6.92 Å². The molecule has 0 spiro atoms. The fourth-order valence-electron chi connectivity index (χ4n) is 1.19. The van der Waals surface area contributed by atoms with Gasteiger partial charge in [-0.3, -0.25) is 14.9 Å². The first-order valence-corrected chi connectivity index (χ1v) is 4.70. The Hall–Kier alpha value is -2.37. The molecule has 0 unspecified atom stereocenters. The molecule has 0 bridgehead atoms. The maximum Gasteiger partial charge on any atom is 0.273 e. The zero-order valence-corrected chi connectivity index (χ0v) is 8.69. The van der Waals surface area contributed by atoms with Gasteiger partial charge in [-0.25, -0.2) is 0 Å². The second kappa shape index (κ2) is 4.01. The first-order chi connectivity index (χ1) is 7.65. The number of H-pyrrole nitrogens is 1. The number of pyridine rings is 1. The molecule has 0 aliphatic rings. The molecule has 2 aromatic rings. The van der Waals surface area contributed by atoms with Crippen LogP contribution < -0.4 is 11.1 Å². The van der Waals surface area contributed by atoms with Crippen molar-refractivity contribution < 1.29 is 4.79 Å². The summed E-state index contributed by atoms with van der Waals surface area (Å²) >= 11 is 0. The van der Waals surface area contributed by atoms with Crippen LogP contribution in [0.5, 0.6) is 0 Å². The van der Waals surface area contributed by atoms with Gasteiger partial charge in [0.1, 0.15) is 11.5 Å². The molecular weight excluding hydrogens is 206 g/mol. The maximum absolute atomic E-state index is 11.6. The second-order valence-corrected chi connectivity index (χ2v) is 3.35. The molecule has 2 heterocycles. The van der Waals surface area contributed by atoms with Crippen molar-refractivity contribution in [1.29, 1.82) is 0 Å². The lowest BCUT2D eigenvalue weighted by Crippen LogP contribution is -2.12. The topological polar surface area (TPSA) is 96.7 Å². The van der Waals surface area contributed by atoms with Crippen molar-refractivity contribution in [3.05, 3.63) is 35.8 Å². The number of carbonyl (C=O) groups is 1. The molecule has 0 saturated carbocycles. The van der Waals surface area contributed by atoms with Crippen LogP contribution in [0, 0.1) is 6.92 Å². The van der Waals surface area contributed by atoms with E-state index >= 15 is 0 Å². The zero-order valence-electron chi connectivity index (χ0n) is 8.69. The van der Waals surface area contributed by atoms with E-state index in [0.29, 0.717) is 11.4 Å². The smallest absolute Gasteiger partial charge is 0.273 e. The molecule has 1 amide bonds. The molecule has 6 nitrogen and oxygen atoms in total. The zero-order chi connectivity index (χ0) is 11.5. The second-order valence-electron chi connectivity index (χ2n) is 3.35. The molecule has 16 heavy (non-hydrogen) atoms. The van der Waals surface area contributed by atoms with Gasteiger partial charge in [-0.15, -0.1) is 0 Å². The molecule has 2 aromatic heterocycles. The first-order valence-electron chi connectivity index (χ1n) is 4.70. The summed E-state index contributed by atoms with van der Waals surface area (Å²) < 4.78 is 0. The van der Waals surface area contributed by atoms with Crippen LogP contribution >= 0.6 is 0 Å². The van der Waals surface area contributed by atoms with Gasteiger partial charge in [0.15, 0.2) is 0 Å². The Morgan fingerprint density at radius 3 is 2.88 bits per heavy atom. The highest BCUT2D eigenvalue weighted by atomic mass is 16.1. The Morgan fingerprint density at radius 1 is 1.50 bits per heavy atom. The molecule has 2 rings (SSSR count). The van der Waals surface area contributed by atoms with E-state index in [4.69, 9.17) is 5.73 Å². The molecule has 0 saturated heterocycles. The van der Waals surface area contributed by atoms with Gasteiger partial charge in [-0.05, 0) is 19.1 Å². The molecule has 0 atom stereocenters. The maximum atomic E-state index is 11.6. The van der Waals surface area contributed by atoms with Crippen LogP contribution in [-0.4, -0.2) is 21.1 Å². The van der Waals surface area contributed by atoms with Gasteiger partial charge in [0.2, 0.25) is 0 Å². The highest BCUT2D eigenvalue weighted by molar-refractivity contribution is 6.03. The molecule has 0 aromatic carbocycles. The van der Waals surface area contributed by atoms with Crippen molar-refractivity contribution in [2.24, 2.45) is 0 Å². The van der Waals surface area contributed by atoms with E-state index in [1.807, 2.05) is 13.0 Å². The van der Waals surface area contributed by atoms with Gasteiger partial charge < -0.3 is 11.1 Å². The number of hydrogen-bond donors (Lipinski definition) is 3. The Bertz CT molecular complexity index is 502. The number of nitrogens with two attached hydrogens (primary N) is 1. The number of anilines is 2. The van der Waals surface area contributed by atoms with Crippen LogP contribution in [0.2, 0.25) is 0 Å². The highest BCUT2D eigenvalue weighted by Crippen LogP contribution is 2.08. The Morgan fingerprint density at radius 2 is 2.31 bits per heavy atom. The fraction of sp³-hybridized carbons (Fsp3) is 0.100. The lowest BCUT2D eigenvalue weighted by Gasteiger charge is -2.02. The van der Waals surface area contributed by atoms with Gasteiger partial charge in [0.05, 0.1) is 11.9 Å². The number of aromatic amines is 1. The molecule has 4 N–H and O–H groups in total. The summed E-state index contributed by atoms with van der Waals surface area (Å²) in [6.07, 6.45) is 1.59. The number of aryl methyl sites for hydroxylation is 1. The van der Waals surface area contributed by atoms with Crippen molar-refractivity contribution in [2.75, 3.05) is 11.1 Å². The van der Waals surface area contributed by atoms with Crippen molar-refractivity contribution in [1.82, 2.24) is 15.2 Å². The van der Waals surface area contributed by atoms with E-state index in [9.17, 15) is 4.79 Å². The summed E-state index contributed by atoms with van der Waals surface area (Å²) in [5.74, 6) is -0.0120. The number of hydrogen-bond acceptors (Lipinski definition) is 4. The third kappa shape index (κ3) is 2.17. The largest absolute Gasteiger partial charge is 0.382 e. The predicted octanol–water partition coefficient (Wildman–Crippen LogP) is 0.948. The van der Waals surface area contributed by atoms with Gasteiger partial charge in [-0.2, -0.15) is 5.10 Å². The number of rotatable bonds is 2. The molecule has 6 heteroatoms. The van der Waals surface area contributed by atoms with Gasteiger partial charge in [0.25, 0.3) is 5.91 Å². The summed E-state index contributed by atoms with van der Waals surface area (Å²) in [7, 11) is 0. The lowest BCUT2D eigenvalue weighted by atomic mass is 10.3. The van der Waals surface area contributed by atoms with E-state index in [-0.39, 0.29) is 11.7 Å². The van der Waals surface area contributed by atoms with Crippen LogP contribution in [0.1, 0.15) is 16.2 Å². The average Bonchev–Trinajstić information content (AvgIpc) is 2.68. The first kappa shape index (κ1) is 10.2. The summed E-state index contributed by atoms with van der Waals surface area (Å²) in [5.41, 5.74) is 7.23. The molecule has 0 aliphatic heterocycles. The van der Waals surface area contributed by atoms with E-state index in [0.717, 1.165) is 5.69 Å². The third-order valence-corrected chi connectivity index (χ3v) is 2.01. The summed E-state index contributed by atoms with van der Waals surface area (Å²) in [4.78, 5) is 15.7. The minimum atomic E-state index is -0.296. The molecule has 0 radical (unpaired) electrons. The van der Waals surface area contributed by atoms with Crippen LogP contribution in [0.25, 0.3) is 0 Å². The summed E-state index contributed by atoms with van der Waals surface area (Å²) in [6.45, 7) is 1.88. The van der Waals surface area contributed by atoms with Crippen molar-refractivity contribution in [3.8, 4) is 0 Å². The van der Waals surface area contributed by atoms with Crippen LogP contribution in [0.4, 0.5) is 11.5 Å². The van der Waals surface area contributed by atoms with Gasteiger partial charge in [0, 0.05) is 11.8 Å². The monoisotopic (exact) mass is 217 g/mol. The quantitative estimate of drug-likeness (QED) is 0.697. The molecule has 0 aliphatic carbocycles. The van der Waals surface area contributed by atoms with E-state index in [1.165, 1.54) is 6.07 Å². The Kier molecular flexibility index (Phi) is 2.55. The average molecular weight is 217 g/mol. The minimum Gasteiger partial charge on any atom is -0.382 e. The van der Waals surface area contributed by atoms with Gasteiger partial charge in [-0.1, -0.05) is 0 Å². The minimum absolute atomic E-state index is 0.284. The Balaban J connectivity index is 2.10. The molecule has 0 fully saturated rings. The van der Waals surface area contributed by atoms with Crippen LogP contribution in [-0.2, 0) is 0 Å². The number of nitrogens with zero attached hydrogens (tertiary/aromatic N) is 2. The summed E-state index contributed by atoms with van der Waals surface area (Å²) in [6, 6.07) is 5.06. The highest BCUT2D eigenvalue weighted by Gasteiger charge is 2.08. The number of amides is 1. The number of carbonyl (C=O) groups excluding carboxylic acids is 1. The Labute approximate surface area is 91.9 Å². The van der Waals surface area contributed by atoms with E-state index in [1.54, 1.807) is 12.3 Å². The molecular formula is C10H11N5O. The number of nitrogen functional groups attached to an aromatic ring is 1. The van der Waals surface area contributed by atoms with Crippen molar-refractivity contribution >= 4 is 17.4 Å². The standard InChI is InChI=1S/C10H11N5O/c1-6-2-3-7(5-12-6)13-10(16)8-4-9(11)15-14-8/h2-5H,1H3,(H,13,16)(H3,11,14,15). The van der Waals surface area contributed by atoms with Crippen LogP contribution in [0.15, 0.2) is 24.4 Å². The summed E-state index contributed by atoms with van der Waals surface area (Å²) in [5, 5.41) is 8.87. The van der Waals surface area contributed by atoms with Crippen molar-refractivity contribution in [3.63, 3.8) is 0 Å². The fourth-order valence-corrected chi connectivity index (χ4v) is 1.19. The SMILES string of the molecule is Cc1ccc(NC(=O)c2cc(N)n[nH]2)cn1. The number of aromatic nitrogens is 3. The third-order valence-electron chi connectivity index (χ3n) is 2.01.